The highest BCUT2D eigenvalue weighted by atomic mass is 15.2. The Bertz CT molecular complexity index is 2720. The van der Waals surface area contributed by atoms with Gasteiger partial charge in [0.25, 0.3) is 0 Å². The molecule has 0 radical (unpaired) electrons. The molecule has 216 valence electrons. The monoisotopic (exact) mass is 587 g/mol. The van der Waals surface area contributed by atoms with Crippen LogP contribution in [0.4, 0.5) is 0 Å². The third kappa shape index (κ3) is 3.37. The predicted molar refractivity (Wildman–Crippen MR) is 192 cm³/mol. The molecule has 0 fully saturated rings. The van der Waals surface area contributed by atoms with Gasteiger partial charge in [-0.15, -0.1) is 0 Å². The quantitative estimate of drug-likeness (QED) is 0.201. The van der Waals surface area contributed by atoms with Crippen molar-refractivity contribution in [3.8, 4) is 28.3 Å². The summed E-state index contributed by atoms with van der Waals surface area (Å²) in [7, 11) is 0. The van der Waals surface area contributed by atoms with Crippen molar-refractivity contribution in [2.24, 2.45) is 0 Å². The first-order valence-corrected chi connectivity index (χ1v) is 15.9. The zero-order valence-corrected chi connectivity index (χ0v) is 25.6. The summed E-state index contributed by atoms with van der Waals surface area (Å²) in [6.45, 7) is 4.73. The number of rotatable bonds is 2. The molecule has 1 aliphatic carbocycles. The maximum absolute atomic E-state index is 5.40. The lowest BCUT2D eigenvalue weighted by molar-refractivity contribution is 0.666. The van der Waals surface area contributed by atoms with E-state index in [9.17, 15) is 0 Å². The van der Waals surface area contributed by atoms with Crippen LogP contribution in [0.1, 0.15) is 25.0 Å². The van der Waals surface area contributed by atoms with Gasteiger partial charge in [0.2, 0.25) is 5.95 Å². The highest BCUT2D eigenvalue weighted by molar-refractivity contribution is 6.15. The fraction of sp³-hybridized carbons (Fsp3) is 0.0698. The fourth-order valence-electron chi connectivity index (χ4n) is 8.10. The van der Waals surface area contributed by atoms with Gasteiger partial charge in [-0.25, -0.2) is 9.97 Å². The highest BCUT2D eigenvalue weighted by Crippen LogP contribution is 2.52. The highest BCUT2D eigenvalue weighted by Gasteiger charge is 2.36. The van der Waals surface area contributed by atoms with E-state index in [0.717, 1.165) is 33.2 Å². The summed E-state index contributed by atoms with van der Waals surface area (Å²) in [6, 6.07) is 50.3. The fourth-order valence-corrected chi connectivity index (χ4v) is 8.10. The Morgan fingerprint density at radius 3 is 2.11 bits per heavy atom. The van der Waals surface area contributed by atoms with Crippen molar-refractivity contribution < 1.29 is 0 Å². The van der Waals surface area contributed by atoms with Gasteiger partial charge >= 0.3 is 0 Å². The lowest BCUT2D eigenvalue weighted by atomic mass is 9.80. The molecule has 0 saturated carbocycles. The van der Waals surface area contributed by atoms with E-state index in [1.54, 1.807) is 0 Å². The summed E-state index contributed by atoms with van der Waals surface area (Å²) in [5.41, 5.74) is 10.6. The van der Waals surface area contributed by atoms with Crippen LogP contribution in [0.5, 0.6) is 0 Å². The van der Waals surface area contributed by atoms with Crippen molar-refractivity contribution >= 4 is 54.3 Å². The molecule has 46 heavy (non-hydrogen) atoms. The van der Waals surface area contributed by atoms with Crippen molar-refractivity contribution in [2.75, 3.05) is 0 Å². The maximum atomic E-state index is 5.40. The van der Waals surface area contributed by atoms with E-state index in [1.807, 2.05) is 0 Å². The summed E-state index contributed by atoms with van der Waals surface area (Å²) in [5.74, 6) is 0.682. The molecule has 2 heterocycles. The first kappa shape index (κ1) is 25.5. The van der Waals surface area contributed by atoms with E-state index in [-0.39, 0.29) is 5.41 Å². The molecule has 0 saturated heterocycles. The van der Waals surface area contributed by atoms with Crippen LogP contribution in [0.25, 0.3) is 82.6 Å². The molecule has 9 aromatic rings. The molecule has 3 heteroatoms. The van der Waals surface area contributed by atoms with E-state index in [0.29, 0.717) is 5.95 Å². The topological polar surface area (TPSA) is 30.7 Å². The summed E-state index contributed by atoms with van der Waals surface area (Å²) < 4.78 is 2.26. The molecule has 0 aliphatic heterocycles. The molecule has 2 aromatic heterocycles. The average molecular weight is 588 g/mol. The number of benzene rings is 7. The number of nitrogens with zero attached hydrogens (tertiary/aromatic N) is 3. The third-order valence-corrected chi connectivity index (χ3v) is 10.2. The standard InChI is InChI=1S/C43H29N3/c1-43(2)36-19-8-5-15-29(36)31-23-22-27-24-39-35(25-34(27)40(31)43)30-16-7-10-21-38(30)46(39)42-44-37-20-9-6-17-33(37)41(45-42)32-18-11-13-26-12-3-4-14-28(26)32/h3-25H,1-2H3. The Balaban J connectivity index is 1.30. The average Bonchev–Trinajstić information content (AvgIpc) is 3.54. The molecule has 0 N–H and O–H groups in total. The van der Waals surface area contributed by atoms with Crippen LogP contribution in [0, 0.1) is 0 Å². The van der Waals surface area contributed by atoms with Crippen LogP contribution >= 0.6 is 0 Å². The molecule has 0 atom stereocenters. The van der Waals surface area contributed by atoms with Gasteiger partial charge in [0.1, 0.15) is 0 Å². The minimum Gasteiger partial charge on any atom is -0.278 e. The lowest BCUT2D eigenvalue weighted by Crippen LogP contribution is -2.15. The Kier molecular flexibility index (Phi) is 5.06. The zero-order valence-electron chi connectivity index (χ0n) is 25.6. The van der Waals surface area contributed by atoms with Crippen molar-refractivity contribution in [3.63, 3.8) is 0 Å². The number of hydrogen-bond acceptors (Lipinski definition) is 2. The minimum absolute atomic E-state index is 0.0910. The van der Waals surface area contributed by atoms with Gasteiger partial charge in [-0.2, -0.15) is 0 Å². The number of fused-ring (bicyclic) bond motifs is 10. The Morgan fingerprint density at radius 1 is 0.478 bits per heavy atom. The predicted octanol–water partition coefficient (Wildman–Crippen LogP) is 11.0. The van der Waals surface area contributed by atoms with E-state index in [1.165, 1.54) is 54.6 Å². The van der Waals surface area contributed by atoms with E-state index < -0.39 is 0 Å². The first-order chi connectivity index (χ1) is 22.6. The smallest absolute Gasteiger partial charge is 0.235 e. The summed E-state index contributed by atoms with van der Waals surface area (Å²) in [4.78, 5) is 10.6. The molecule has 0 amide bonds. The second kappa shape index (κ2) is 9.12. The molecule has 0 unspecified atom stereocenters. The number of hydrogen-bond donors (Lipinski definition) is 0. The third-order valence-electron chi connectivity index (χ3n) is 10.2. The van der Waals surface area contributed by atoms with Crippen LogP contribution in [-0.2, 0) is 5.41 Å². The zero-order chi connectivity index (χ0) is 30.6. The second-order valence-electron chi connectivity index (χ2n) is 13.0. The second-order valence-corrected chi connectivity index (χ2v) is 13.0. The SMILES string of the molecule is CC1(C)c2ccccc2-c2ccc3cc4c(cc3c21)c1ccccc1n4-c1nc(-c2cccc3ccccc23)c2ccccc2n1. The molecular formula is C43H29N3. The van der Waals surface area contributed by atoms with E-state index in [2.05, 4.69) is 158 Å². The molecule has 0 spiro atoms. The lowest BCUT2D eigenvalue weighted by Gasteiger charge is -2.23. The molecule has 10 rings (SSSR count). The summed E-state index contributed by atoms with van der Waals surface area (Å²) >= 11 is 0. The Hall–Kier alpha value is -5.80. The van der Waals surface area contributed by atoms with Gasteiger partial charge < -0.3 is 0 Å². The molecule has 1 aliphatic rings. The van der Waals surface area contributed by atoms with Crippen molar-refractivity contribution in [1.29, 1.82) is 0 Å². The Labute approximate surface area is 266 Å². The van der Waals surface area contributed by atoms with Crippen LogP contribution in [-0.4, -0.2) is 14.5 Å². The van der Waals surface area contributed by atoms with E-state index in [4.69, 9.17) is 9.97 Å². The van der Waals surface area contributed by atoms with E-state index >= 15 is 0 Å². The molecule has 7 aromatic carbocycles. The van der Waals surface area contributed by atoms with Crippen LogP contribution in [0.2, 0.25) is 0 Å². The van der Waals surface area contributed by atoms with Crippen LogP contribution in [0.15, 0.2) is 140 Å². The van der Waals surface area contributed by atoms with Crippen molar-refractivity contribution in [2.45, 2.75) is 19.3 Å². The Morgan fingerprint density at radius 2 is 1.20 bits per heavy atom. The summed E-state index contributed by atoms with van der Waals surface area (Å²) in [5, 5.41) is 8.39. The van der Waals surface area contributed by atoms with Crippen LogP contribution in [0.3, 0.4) is 0 Å². The van der Waals surface area contributed by atoms with Gasteiger partial charge in [0.05, 0.1) is 22.2 Å². The van der Waals surface area contributed by atoms with Crippen molar-refractivity contribution in [3.05, 3.63) is 151 Å². The molecule has 0 bridgehead atoms. The summed E-state index contributed by atoms with van der Waals surface area (Å²) in [6.07, 6.45) is 0. The van der Waals surface area contributed by atoms with Gasteiger partial charge in [-0.05, 0) is 68.1 Å². The maximum Gasteiger partial charge on any atom is 0.235 e. The van der Waals surface area contributed by atoms with Gasteiger partial charge in [-0.1, -0.05) is 129 Å². The molecule has 3 nitrogen and oxygen atoms in total. The van der Waals surface area contributed by atoms with Crippen LogP contribution < -0.4 is 0 Å². The normalized spacial score (nSPS) is 13.6. The van der Waals surface area contributed by atoms with Gasteiger partial charge in [0.15, 0.2) is 0 Å². The molecular weight excluding hydrogens is 558 g/mol. The number of para-hydroxylation sites is 2. The van der Waals surface area contributed by atoms with Crippen molar-refractivity contribution in [1.82, 2.24) is 14.5 Å². The van der Waals surface area contributed by atoms with Gasteiger partial charge in [-0.3, -0.25) is 4.57 Å². The van der Waals surface area contributed by atoms with Gasteiger partial charge in [0, 0.05) is 27.1 Å². The largest absolute Gasteiger partial charge is 0.278 e. The number of aromatic nitrogens is 3. The first-order valence-electron chi connectivity index (χ1n) is 15.9. The minimum atomic E-state index is -0.0910.